The molecule has 2 aromatic rings. The van der Waals surface area contributed by atoms with Crippen molar-refractivity contribution in [3.63, 3.8) is 0 Å². The molecule has 0 saturated heterocycles. The third-order valence-corrected chi connectivity index (χ3v) is 5.65. The SMILES string of the molecule is CCOc1ccc(NC(=S)NNC(=O)CCS(=O)(=O)c2ccc(C)cc2)cc1. The first-order chi connectivity index (χ1) is 13.3. The first-order valence-corrected chi connectivity index (χ1v) is 10.7. The number of anilines is 1. The largest absolute Gasteiger partial charge is 0.494 e. The lowest BCUT2D eigenvalue weighted by Gasteiger charge is -2.12. The van der Waals surface area contributed by atoms with Crippen LogP contribution in [0, 0.1) is 6.92 Å². The molecule has 0 aliphatic carbocycles. The number of thiocarbonyl (C=S) groups is 1. The van der Waals surface area contributed by atoms with E-state index < -0.39 is 15.7 Å². The molecule has 0 unspecified atom stereocenters. The maximum Gasteiger partial charge on any atom is 0.239 e. The first kappa shape index (κ1) is 21.6. The van der Waals surface area contributed by atoms with Crippen molar-refractivity contribution in [3.05, 3.63) is 54.1 Å². The molecular formula is C19H23N3O4S2. The minimum atomic E-state index is -3.52. The number of sulfone groups is 1. The number of rotatable bonds is 7. The van der Waals surface area contributed by atoms with Crippen molar-refractivity contribution in [2.45, 2.75) is 25.2 Å². The van der Waals surface area contributed by atoms with E-state index in [0.29, 0.717) is 6.61 Å². The van der Waals surface area contributed by atoms with Gasteiger partial charge in [-0.05, 0) is 62.5 Å². The Morgan fingerprint density at radius 1 is 1.04 bits per heavy atom. The Kier molecular flexibility index (Phi) is 7.77. The highest BCUT2D eigenvalue weighted by atomic mass is 32.2. The van der Waals surface area contributed by atoms with Crippen molar-refractivity contribution in [1.29, 1.82) is 0 Å². The molecule has 0 radical (unpaired) electrons. The van der Waals surface area contributed by atoms with Crippen LogP contribution in [-0.2, 0) is 14.6 Å². The molecule has 2 aromatic carbocycles. The summed E-state index contributed by atoms with van der Waals surface area (Å²) in [5.74, 6) is -0.0237. The van der Waals surface area contributed by atoms with Gasteiger partial charge in [-0.25, -0.2) is 8.42 Å². The van der Waals surface area contributed by atoms with Gasteiger partial charge in [-0.15, -0.1) is 0 Å². The number of hydrogen-bond acceptors (Lipinski definition) is 5. The van der Waals surface area contributed by atoms with E-state index >= 15 is 0 Å². The zero-order chi connectivity index (χ0) is 20.6. The Morgan fingerprint density at radius 2 is 1.68 bits per heavy atom. The molecule has 0 spiro atoms. The number of ether oxygens (including phenoxy) is 1. The van der Waals surface area contributed by atoms with Crippen LogP contribution in [0.3, 0.4) is 0 Å². The van der Waals surface area contributed by atoms with Crippen LogP contribution in [0.15, 0.2) is 53.4 Å². The van der Waals surface area contributed by atoms with E-state index in [9.17, 15) is 13.2 Å². The molecule has 2 rings (SSSR count). The predicted octanol–water partition coefficient (Wildman–Crippen LogP) is 2.58. The number of hydrogen-bond donors (Lipinski definition) is 3. The van der Waals surface area contributed by atoms with E-state index in [0.717, 1.165) is 17.0 Å². The van der Waals surface area contributed by atoms with Crippen LogP contribution in [0.2, 0.25) is 0 Å². The van der Waals surface area contributed by atoms with E-state index in [-0.39, 0.29) is 22.2 Å². The number of carbonyl (C=O) groups excluding carboxylic acids is 1. The summed E-state index contributed by atoms with van der Waals surface area (Å²) in [6.07, 6.45) is -0.186. The summed E-state index contributed by atoms with van der Waals surface area (Å²) in [6, 6.07) is 13.7. The van der Waals surface area contributed by atoms with Crippen LogP contribution in [-0.4, -0.2) is 31.8 Å². The lowest BCUT2D eigenvalue weighted by molar-refractivity contribution is -0.121. The Labute approximate surface area is 170 Å². The van der Waals surface area contributed by atoms with Crippen LogP contribution < -0.4 is 20.9 Å². The number of amides is 1. The van der Waals surface area contributed by atoms with Crippen molar-refractivity contribution < 1.29 is 17.9 Å². The Morgan fingerprint density at radius 3 is 2.29 bits per heavy atom. The van der Waals surface area contributed by atoms with Gasteiger partial charge in [-0.3, -0.25) is 15.6 Å². The average molecular weight is 422 g/mol. The molecule has 9 heteroatoms. The second-order valence-corrected chi connectivity index (χ2v) is 8.48. The van der Waals surface area contributed by atoms with Gasteiger partial charge in [0, 0.05) is 12.1 Å². The smallest absolute Gasteiger partial charge is 0.239 e. The van der Waals surface area contributed by atoms with Crippen LogP contribution in [0.4, 0.5) is 5.69 Å². The number of carbonyl (C=O) groups is 1. The number of aryl methyl sites for hydroxylation is 1. The lowest BCUT2D eigenvalue weighted by atomic mass is 10.2. The summed E-state index contributed by atoms with van der Waals surface area (Å²) >= 11 is 5.10. The normalized spacial score (nSPS) is 10.8. The molecule has 3 N–H and O–H groups in total. The highest BCUT2D eigenvalue weighted by molar-refractivity contribution is 7.91. The van der Waals surface area contributed by atoms with Crippen molar-refractivity contribution in [2.24, 2.45) is 0 Å². The van der Waals surface area contributed by atoms with Gasteiger partial charge in [-0.2, -0.15) is 0 Å². The van der Waals surface area contributed by atoms with Crippen LogP contribution >= 0.6 is 12.2 Å². The first-order valence-electron chi connectivity index (χ1n) is 8.68. The zero-order valence-corrected chi connectivity index (χ0v) is 17.3. The molecule has 0 aromatic heterocycles. The molecule has 7 nitrogen and oxygen atoms in total. The van der Waals surface area contributed by atoms with Gasteiger partial charge in [0.15, 0.2) is 14.9 Å². The Bertz CT molecular complexity index is 911. The summed E-state index contributed by atoms with van der Waals surface area (Å²) < 4.78 is 29.9. The fourth-order valence-corrected chi connectivity index (χ4v) is 3.65. The van der Waals surface area contributed by atoms with Crippen LogP contribution in [0.5, 0.6) is 5.75 Å². The molecule has 0 atom stereocenters. The molecule has 0 fully saturated rings. The molecule has 0 heterocycles. The van der Waals surface area contributed by atoms with Crippen molar-refractivity contribution in [2.75, 3.05) is 17.7 Å². The van der Waals surface area contributed by atoms with Crippen LogP contribution in [0.1, 0.15) is 18.9 Å². The van der Waals surface area contributed by atoms with Crippen molar-refractivity contribution >= 4 is 38.8 Å². The third kappa shape index (κ3) is 6.82. The second kappa shape index (κ2) is 10.0. The molecule has 0 saturated carbocycles. The minimum Gasteiger partial charge on any atom is -0.494 e. The molecule has 1 amide bonds. The predicted molar refractivity (Wildman–Crippen MR) is 113 cm³/mol. The quantitative estimate of drug-likeness (QED) is 0.467. The lowest BCUT2D eigenvalue weighted by Crippen LogP contribution is -2.44. The van der Waals surface area contributed by atoms with E-state index in [2.05, 4.69) is 16.2 Å². The van der Waals surface area contributed by atoms with Gasteiger partial charge in [-0.1, -0.05) is 17.7 Å². The van der Waals surface area contributed by atoms with Crippen molar-refractivity contribution in [3.8, 4) is 5.75 Å². The highest BCUT2D eigenvalue weighted by Gasteiger charge is 2.16. The molecule has 0 bridgehead atoms. The summed E-state index contributed by atoms with van der Waals surface area (Å²) in [4.78, 5) is 12.1. The molecule has 28 heavy (non-hydrogen) atoms. The fraction of sp³-hybridized carbons (Fsp3) is 0.263. The third-order valence-electron chi connectivity index (χ3n) is 3.72. The second-order valence-electron chi connectivity index (χ2n) is 5.97. The summed E-state index contributed by atoms with van der Waals surface area (Å²) in [5.41, 5.74) is 6.62. The van der Waals surface area contributed by atoms with Crippen LogP contribution in [0.25, 0.3) is 0 Å². The van der Waals surface area contributed by atoms with E-state index in [1.54, 1.807) is 36.4 Å². The summed E-state index contributed by atoms with van der Waals surface area (Å²) in [6.45, 7) is 4.36. The molecule has 150 valence electrons. The fourth-order valence-electron chi connectivity index (χ4n) is 2.24. The molecule has 0 aliphatic heterocycles. The Hall–Kier alpha value is -2.65. The van der Waals surface area contributed by atoms with Gasteiger partial charge < -0.3 is 10.1 Å². The number of benzene rings is 2. The van der Waals surface area contributed by atoms with E-state index in [1.807, 2.05) is 13.8 Å². The van der Waals surface area contributed by atoms with Gasteiger partial charge in [0.05, 0.1) is 17.3 Å². The van der Waals surface area contributed by atoms with Crippen molar-refractivity contribution in [1.82, 2.24) is 10.9 Å². The number of hydrazine groups is 1. The standard InChI is InChI=1S/C19H23N3O4S2/c1-3-26-16-8-6-15(7-9-16)20-19(27)22-21-18(23)12-13-28(24,25)17-10-4-14(2)5-11-17/h4-11H,3,12-13H2,1-2H3,(H,21,23)(H2,20,22,27). The Balaban J connectivity index is 1.77. The van der Waals surface area contributed by atoms with E-state index in [1.165, 1.54) is 12.1 Å². The molecular weight excluding hydrogens is 398 g/mol. The van der Waals surface area contributed by atoms with E-state index in [4.69, 9.17) is 17.0 Å². The molecule has 0 aliphatic rings. The zero-order valence-electron chi connectivity index (χ0n) is 15.7. The topological polar surface area (TPSA) is 96.5 Å². The maximum atomic E-state index is 12.3. The van der Waals surface area contributed by atoms with Gasteiger partial charge in [0.1, 0.15) is 5.75 Å². The number of nitrogens with one attached hydrogen (secondary N) is 3. The summed E-state index contributed by atoms with van der Waals surface area (Å²) in [5, 5.41) is 3.08. The highest BCUT2D eigenvalue weighted by Crippen LogP contribution is 2.15. The monoisotopic (exact) mass is 421 g/mol. The van der Waals surface area contributed by atoms with Gasteiger partial charge in [0.2, 0.25) is 5.91 Å². The maximum absolute atomic E-state index is 12.3. The average Bonchev–Trinajstić information content (AvgIpc) is 2.67. The minimum absolute atomic E-state index is 0.180. The van der Waals surface area contributed by atoms with Gasteiger partial charge >= 0.3 is 0 Å². The summed E-state index contributed by atoms with van der Waals surface area (Å²) in [7, 11) is -3.52. The van der Waals surface area contributed by atoms with Gasteiger partial charge in [0.25, 0.3) is 0 Å².